The SMILES string of the molecule is CCc1nn2c(=O)cc(CSc3nnc(-c4ccc(F)cc4)n3C[C@H]3CCCO3)nc2s1. The number of rotatable bonds is 7. The molecule has 32 heavy (non-hydrogen) atoms. The predicted octanol–water partition coefficient (Wildman–Crippen LogP) is 3.58. The van der Waals surface area contributed by atoms with Crippen molar-refractivity contribution < 1.29 is 9.13 Å². The molecule has 0 radical (unpaired) electrons. The van der Waals surface area contributed by atoms with Gasteiger partial charge in [0.15, 0.2) is 11.0 Å². The molecule has 1 aromatic carbocycles. The Labute approximate surface area is 191 Å². The van der Waals surface area contributed by atoms with Crippen LogP contribution in [0, 0.1) is 5.82 Å². The number of nitrogens with zero attached hydrogens (tertiary/aromatic N) is 6. The van der Waals surface area contributed by atoms with Crippen molar-refractivity contribution in [1.29, 1.82) is 0 Å². The maximum Gasteiger partial charge on any atom is 0.275 e. The zero-order valence-corrected chi connectivity index (χ0v) is 19.0. The molecule has 0 saturated carbocycles. The number of hydrogen-bond donors (Lipinski definition) is 0. The van der Waals surface area contributed by atoms with E-state index in [1.165, 1.54) is 45.8 Å². The summed E-state index contributed by atoms with van der Waals surface area (Å²) in [5.74, 6) is 0.843. The lowest BCUT2D eigenvalue weighted by molar-refractivity contribution is 0.0953. The number of fused-ring (bicyclic) bond motifs is 1. The average molecular weight is 473 g/mol. The van der Waals surface area contributed by atoms with E-state index in [1.54, 1.807) is 12.1 Å². The molecule has 4 heterocycles. The van der Waals surface area contributed by atoms with Crippen LogP contribution in [0.5, 0.6) is 0 Å². The van der Waals surface area contributed by atoms with Gasteiger partial charge in [0.25, 0.3) is 5.56 Å². The second-order valence-electron chi connectivity index (χ2n) is 7.48. The monoisotopic (exact) mass is 472 g/mol. The minimum atomic E-state index is -0.296. The molecule has 0 unspecified atom stereocenters. The molecule has 3 aromatic heterocycles. The first kappa shape index (κ1) is 21.2. The summed E-state index contributed by atoms with van der Waals surface area (Å²) in [4.78, 5) is 17.6. The minimum absolute atomic E-state index is 0.0910. The first-order valence-electron chi connectivity index (χ1n) is 10.4. The molecule has 166 valence electrons. The Morgan fingerprint density at radius 1 is 1.28 bits per heavy atom. The Kier molecular flexibility index (Phi) is 6.03. The quantitative estimate of drug-likeness (QED) is 0.380. The molecule has 4 aromatic rings. The summed E-state index contributed by atoms with van der Waals surface area (Å²) in [6.07, 6.45) is 2.86. The van der Waals surface area contributed by atoms with E-state index in [0.29, 0.717) is 33.9 Å². The number of thioether (sulfide) groups is 1. The number of aryl methyl sites for hydroxylation is 1. The fourth-order valence-electron chi connectivity index (χ4n) is 3.62. The van der Waals surface area contributed by atoms with Gasteiger partial charge >= 0.3 is 0 Å². The van der Waals surface area contributed by atoms with Crippen molar-refractivity contribution in [3.8, 4) is 11.4 Å². The van der Waals surface area contributed by atoms with Gasteiger partial charge in [-0.05, 0) is 43.5 Å². The summed E-state index contributed by atoms with van der Waals surface area (Å²) < 4.78 is 22.6. The normalized spacial score (nSPS) is 16.2. The molecule has 0 spiro atoms. The predicted molar refractivity (Wildman–Crippen MR) is 120 cm³/mol. The van der Waals surface area contributed by atoms with Gasteiger partial charge in [-0.2, -0.15) is 9.61 Å². The summed E-state index contributed by atoms with van der Waals surface area (Å²) in [6, 6.07) is 7.75. The van der Waals surface area contributed by atoms with Gasteiger partial charge in [0.1, 0.15) is 10.8 Å². The summed E-state index contributed by atoms with van der Waals surface area (Å²) in [5.41, 5.74) is 1.27. The van der Waals surface area contributed by atoms with E-state index in [9.17, 15) is 9.18 Å². The Balaban J connectivity index is 1.43. The van der Waals surface area contributed by atoms with E-state index >= 15 is 0 Å². The molecule has 0 N–H and O–H groups in total. The van der Waals surface area contributed by atoms with Crippen LogP contribution in [-0.2, 0) is 23.5 Å². The van der Waals surface area contributed by atoms with Crippen LogP contribution in [0.1, 0.15) is 30.5 Å². The smallest absolute Gasteiger partial charge is 0.275 e. The third-order valence-electron chi connectivity index (χ3n) is 5.22. The molecule has 1 atom stereocenters. The zero-order valence-electron chi connectivity index (χ0n) is 17.4. The molecule has 0 aliphatic carbocycles. The molecular weight excluding hydrogens is 451 g/mol. The molecule has 1 aliphatic heterocycles. The highest BCUT2D eigenvalue weighted by molar-refractivity contribution is 7.98. The van der Waals surface area contributed by atoms with E-state index in [-0.39, 0.29) is 17.5 Å². The maximum absolute atomic E-state index is 13.4. The molecule has 11 heteroatoms. The average Bonchev–Trinajstić information content (AvgIpc) is 3.53. The Morgan fingerprint density at radius 3 is 2.88 bits per heavy atom. The first-order valence-corrected chi connectivity index (χ1v) is 12.2. The van der Waals surface area contributed by atoms with Gasteiger partial charge in [-0.15, -0.1) is 10.2 Å². The standard InChI is InChI=1S/C21H21FN6O2S2/c1-2-17-26-28-18(29)10-15(23-20(28)32-17)12-31-21-25-24-19(13-5-7-14(22)8-6-13)27(21)11-16-4-3-9-30-16/h5-8,10,16H,2-4,9,11-12H2,1H3/t16-/m1/s1. The van der Waals surface area contributed by atoms with E-state index in [0.717, 1.165) is 36.4 Å². The van der Waals surface area contributed by atoms with Gasteiger partial charge in [-0.3, -0.25) is 9.36 Å². The van der Waals surface area contributed by atoms with Crippen LogP contribution in [0.25, 0.3) is 16.3 Å². The molecule has 1 aliphatic rings. The summed E-state index contributed by atoms with van der Waals surface area (Å²) in [7, 11) is 0. The van der Waals surface area contributed by atoms with Crippen molar-refractivity contribution >= 4 is 28.1 Å². The van der Waals surface area contributed by atoms with Crippen LogP contribution >= 0.6 is 23.1 Å². The molecule has 0 amide bonds. The van der Waals surface area contributed by atoms with Crippen LogP contribution in [0.3, 0.4) is 0 Å². The number of aromatic nitrogens is 6. The molecule has 1 saturated heterocycles. The van der Waals surface area contributed by atoms with Crippen LogP contribution in [-0.4, -0.2) is 42.1 Å². The molecule has 8 nitrogen and oxygen atoms in total. The van der Waals surface area contributed by atoms with Crippen LogP contribution in [0.4, 0.5) is 4.39 Å². The number of hydrogen-bond acceptors (Lipinski definition) is 8. The fraction of sp³-hybridized carbons (Fsp3) is 0.381. The largest absolute Gasteiger partial charge is 0.376 e. The van der Waals surface area contributed by atoms with E-state index in [1.807, 2.05) is 11.5 Å². The van der Waals surface area contributed by atoms with Crippen molar-refractivity contribution in [2.75, 3.05) is 6.61 Å². The van der Waals surface area contributed by atoms with Gasteiger partial charge in [0, 0.05) is 24.0 Å². The van der Waals surface area contributed by atoms with Crippen molar-refractivity contribution in [2.24, 2.45) is 0 Å². The number of ether oxygens (including phenoxy) is 1. The third kappa shape index (κ3) is 4.32. The summed E-state index contributed by atoms with van der Waals surface area (Å²) in [5, 5.41) is 14.6. The zero-order chi connectivity index (χ0) is 22.1. The van der Waals surface area contributed by atoms with E-state index in [2.05, 4.69) is 20.3 Å². The van der Waals surface area contributed by atoms with Gasteiger partial charge in [-0.1, -0.05) is 30.0 Å². The number of benzene rings is 1. The Bertz CT molecular complexity index is 1290. The lowest BCUT2D eigenvalue weighted by Gasteiger charge is -2.14. The van der Waals surface area contributed by atoms with E-state index < -0.39 is 0 Å². The minimum Gasteiger partial charge on any atom is -0.376 e. The highest BCUT2D eigenvalue weighted by atomic mass is 32.2. The van der Waals surface area contributed by atoms with Crippen molar-refractivity contribution in [2.45, 2.75) is 49.7 Å². The van der Waals surface area contributed by atoms with Gasteiger partial charge in [-0.25, -0.2) is 9.37 Å². The van der Waals surface area contributed by atoms with Crippen LogP contribution in [0.2, 0.25) is 0 Å². The highest BCUT2D eigenvalue weighted by Crippen LogP contribution is 2.28. The second-order valence-corrected chi connectivity index (χ2v) is 9.46. The fourth-order valence-corrected chi connectivity index (χ4v) is 5.31. The third-order valence-corrected chi connectivity index (χ3v) is 7.27. The molecule has 0 bridgehead atoms. The Morgan fingerprint density at radius 2 is 2.12 bits per heavy atom. The van der Waals surface area contributed by atoms with Crippen molar-refractivity contribution in [3.63, 3.8) is 0 Å². The summed E-state index contributed by atoms with van der Waals surface area (Å²) >= 11 is 2.89. The van der Waals surface area contributed by atoms with E-state index in [4.69, 9.17) is 4.74 Å². The molecule has 1 fully saturated rings. The van der Waals surface area contributed by atoms with Crippen LogP contribution < -0.4 is 5.56 Å². The maximum atomic E-state index is 13.4. The lowest BCUT2D eigenvalue weighted by atomic mass is 10.2. The first-order chi connectivity index (χ1) is 15.6. The molecular formula is C21H21FN6O2S2. The second kappa shape index (κ2) is 9.08. The Hall–Kier alpha value is -2.63. The van der Waals surface area contributed by atoms with Crippen molar-refractivity contribution in [1.82, 2.24) is 29.4 Å². The van der Waals surface area contributed by atoms with Crippen molar-refractivity contribution in [3.05, 3.63) is 57.2 Å². The number of halogens is 1. The van der Waals surface area contributed by atoms with Gasteiger partial charge in [0.2, 0.25) is 4.96 Å². The van der Waals surface area contributed by atoms with Gasteiger partial charge in [0.05, 0.1) is 18.3 Å². The van der Waals surface area contributed by atoms with Gasteiger partial charge < -0.3 is 4.74 Å². The molecule has 5 rings (SSSR count). The topological polar surface area (TPSA) is 87.2 Å². The highest BCUT2D eigenvalue weighted by Gasteiger charge is 2.22. The lowest BCUT2D eigenvalue weighted by Crippen LogP contribution is -2.17. The summed E-state index contributed by atoms with van der Waals surface area (Å²) in [6.45, 7) is 3.37. The van der Waals surface area contributed by atoms with Crippen LogP contribution in [0.15, 0.2) is 40.3 Å².